The summed E-state index contributed by atoms with van der Waals surface area (Å²) in [7, 11) is 0. The molecule has 1 aromatic carbocycles. The number of carbonyl (C=O) groups is 2. The van der Waals surface area contributed by atoms with Gasteiger partial charge in [-0.05, 0) is 67.9 Å². The highest BCUT2D eigenvalue weighted by molar-refractivity contribution is 6.03. The second-order valence-electron chi connectivity index (χ2n) is 9.47. The van der Waals surface area contributed by atoms with Crippen molar-refractivity contribution < 1.29 is 14.7 Å². The van der Waals surface area contributed by atoms with Gasteiger partial charge in [-0.2, -0.15) is 0 Å². The summed E-state index contributed by atoms with van der Waals surface area (Å²) in [6.45, 7) is 4.67. The van der Waals surface area contributed by atoms with Gasteiger partial charge in [0.15, 0.2) is 0 Å². The Kier molecular flexibility index (Phi) is 5.08. The van der Waals surface area contributed by atoms with E-state index in [4.69, 9.17) is 0 Å². The van der Waals surface area contributed by atoms with Gasteiger partial charge in [0.05, 0.1) is 16.9 Å². The SMILES string of the molecule is CC(C)CNC(=O)c1ccccc1NC(=O)NC1C2CC3CC1CC(O)(C3)C2. The van der Waals surface area contributed by atoms with Gasteiger partial charge in [-0.15, -0.1) is 0 Å². The van der Waals surface area contributed by atoms with E-state index in [2.05, 4.69) is 16.0 Å². The Morgan fingerprint density at radius 3 is 2.46 bits per heavy atom. The van der Waals surface area contributed by atoms with Crippen LogP contribution in [-0.2, 0) is 0 Å². The van der Waals surface area contributed by atoms with Gasteiger partial charge in [-0.25, -0.2) is 4.79 Å². The molecule has 152 valence electrons. The van der Waals surface area contributed by atoms with E-state index < -0.39 is 5.60 Å². The van der Waals surface area contributed by atoms with E-state index in [0.717, 1.165) is 32.1 Å². The minimum absolute atomic E-state index is 0.110. The van der Waals surface area contributed by atoms with Crippen LogP contribution in [0.25, 0.3) is 0 Å². The lowest BCUT2D eigenvalue weighted by molar-refractivity contribution is -0.136. The predicted octanol–water partition coefficient (Wildman–Crippen LogP) is 3.13. The summed E-state index contributed by atoms with van der Waals surface area (Å²) in [5.41, 5.74) is 0.480. The van der Waals surface area contributed by atoms with Crippen LogP contribution in [0.3, 0.4) is 0 Å². The fourth-order valence-corrected chi connectivity index (χ4v) is 5.71. The summed E-state index contributed by atoms with van der Waals surface area (Å²) in [6, 6.07) is 6.93. The van der Waals surface area contributed by atoms with E-state index in [-0.39, 0.29) is 18.0 Å². The van der Waals surface area contributed by atoms with Crippen molar-refractivity contribution in [1.82, 2.24) is 10.6 Å². The van der Waals surface area contributed by atoms with E-state index in [0.29, 0.717) is 41.5 Å². The highest BCUT2D eigenvalue weighted by atomic mass is 16.3. The van der Waals surface area contributed by atoms with E-state index >= 15 is 0 Å². The molecule has 4 N–H and O–H groups in total. The van der Waals surface area contributed by atoms with Crippen molar-refractivity contribution in [1.29, 1.82) is 0 Å². The average Bonchev–Trinajstić information content (AvgIpc) is 2.62. The third-order valence-electron chi connectivity index (χ3n) is 6.63. The minimum Gasteiger partial charge on any atom is -0.390 e. The van der Waals surface area contributed by atoms with Crippen LogP contribution in [0.15, 0.2) is 24.3 Å². The average molecular weight is 386 g/mol. The molecule has 0 radical (unpaired) electrons. The van der Waals surface area contributed by atoms with Crippen LogP contribution >= 0.6 is 0 Å². The van der Waals surface area contributed by atoms with Crippen molar-refractivity contribution in [3.8, 4) is 0 Å². The number of anilines is 1. The molecule has 1 aromatic rings. The van der Waals surface area contributed by atoms with Crippen LogP contribution in [0.4, 0.5) is 10.5 Å². The fourth-order valence-electron chi connectivity index (χ4n) is 5.71. The lowest BCUT2D eigenvalue weighted by Gasteiger charge is -2.58. The van der Waals surface area contributed by atoms with Gasteiger partial charge < -0.3 is 21.1 Å². The second-order valence-corrected chi connectivity index (χ2v) is 9.47. The van der Waals surface area contributed by atoms with Gasteiger partial charge in [-0.1, -0.05) is 26.0 Å². The van der Waals surface area contributed by atoms with Crippen molar-refractivity contribution >= 4 is 17.6 Å². The van der Waals surface area contributed by atoms with Gasteiger partial charge in [0.2, 0.25) is 0 Å². The van der Waals surface area contributed by atoms with Gasteiger partial charge in [0.1, 0.15) is 0 Å². The third kappa shape index (κ3) is 3.88. The van der Waals surface area contributed by atoms with Crippen molar-refractivity contribution in [2.45, 2.75) is 57.6 Å². The van der Waals surface area contributed by atoms with E-state index in [9.17, 15) is 14.7 Å². The highest BCUT2D eigenvalue weighted by Gasteiger charge is 2.55. The van der Waals surface area contributed by atoms with Crippen molar-refractivity contribution in [2.75, 3.05) is 11.9 Å². The number of hydrogen-bond donors (Lipinski definition) is 4. The molecular weight excluding hydrogens is 354 g/mol. The summed E-state index contributed by atoms with van der Waals surface area (Å²) < 4.78 is 0. The van der Waals surface area contributed by atoms with Gasteiger partial charge in [0, 0.05) is 12.6 Å². The van der Waals surface area contributed by atoms with E-state index in [1.807, 2.05) is 19.9 Å². The molecule has 6 heteroatoms. The Hall–Kier alpha value is -2.08. The Morgan fingerprint density at radius 2 is 1.82 bits per heavy atom. The zero-order chi connectivity index (χ0) is 19.9. The summed E-state index contributed by atoms with van der Waals surface area (Å²) in [4.78, 5) is 25.2. The summed E-state index contributed by atoms with van der Waals surface area (Å²) in [6.07, 6.45) is 4.70. The van der Waals surface area contributed by atoms with Crippen LogP contribution in [0.5, 0.6) is 0 Å². The lowest BCUT2D eigenvalue weighted by atomic mass is 9.52. The molecular formula is C22H31N3O3. The third-order valence-corrected chi connectivity index (χ3v) is 6.63. The summed E-state index contributed by atoms with van der Waals surface area (Å²) >= 11 is 0. The molecule has 3 amide bonds. The van der Waals surface area contributed by atoms with E-state index in [1.165, 1.54) is 0 Å². The van der Waals surface area contributed by atoms with Crippen LogP contribution in [0, 0.1) is 23.7 Å². The molecule has 2 atom stereocenters. The standard InChI is InChI=1S/C22H31N3O3/c1-13(2)12-23-20(26)17-5-3-4-6-18(17)24-21(27)25-19-15-7-14-8-16(19)11-22(28,9-14)10-15/h3-6,13-16,19,28H,7-12H2,1-2H3,(H,23,26)(H2,24,25,27). The van der Waals surface area contributed by atoms with Crippen LogP contribution in [0.2, 0.25) is 0 Å². The minimum atomic E-state index is -0.508. The zero-order valence-corrected chi connectivity index (χ0v) is 16.7. The first-order chi connectivity index (χ1) is 13.3. The largest absolute Gasteiger partial charge is 0.390 e. The maximum absolute atomic E-state index is 12.7. The topological polar surface area (TPSA) is 90.5 Å². The number of urea groups is 1. The van der Waals surface area contributed by atoms with Crippen LogP contribution in [0.1, 0.15) is 56.3 Å². The molecule has 5 rings (SSSR count). The molecule has 4 bridgehead atoms. The first-order valence-electron chi connectivity index (χ1n) is 10.5. The molecule has 4 aliphatic rings. The first-order valence-corrected chi connectivity index (χ1v) is 10.5. The number of para-hydroxylation sites is 1. The zero-order valence-electron chi connectivity index (χ0n) is 16.7. The number of aliphatic hydroxyl groups is 1. The van der Waals surface area contributed by atoms with Gasteiger partial charge in [-0.3, -0.25) is 4.79 Å². The molecule has 28 heavy (non-hydrogen) atoms. The first kappa shape index (κ1) is 19.2. The highest BCUT2D eigenvalue weighted by Crippen LogP contribution is 2.55. The Balaban J connectivity index is 1.40. The van der Waals surface area contributed by atoms with Gasteiger partial charge in [0.25, 0.3) is 5.91 Å². The number of benzene rings is 1. The molecule has 0 spiro atoms. The maximum Gasteiger partial charge on any atom is 0.319 e. The monoisotopic (exact) mass is 385 g/mol. The number of carbonyl (C=O) groups excluding carboxylic acids is 2. The molecule has 0 aliphatic heterocycles. The van der Waals surface area contributed by atoms with Crippen LogP contribution < -0.4 is 16.0 Å². The molecule has 0 aromatic heterocycles. The fraction of sp³-hybridized carbons (Fsp3) is 0.636. The molecule has 4 aliphatic carbocycles. The maximum atomic E-state index is 12.7. The van der Waals surface area contributed by atoms with Crippen molar-refractivity contribution in [3.63, 3.8) is 0 Å². The van der Waals surface area contributed by atoms with Crippen molar-refractivity contribution in [2.24, 2.45) is 23.7 Å². The van der Waals surface area contributed by atoms with E-state index in [1.54, 1.807) is 18.2 Å². The number of hydrogen-bond acceptors (Lipinski definition) is 3. The molecule has 4 saturated carbocycles. The van der Waals surface area contributed by atoms with Gasteiger partial charge >= 0.3 is 6.03 Å². The van der Waals surface area contributed by atoms with Crippen molar-refractivity contribution in [3.05, 3.63) is 29.8 Å². The normalized spacial score (nSPS) is 33.0. The predicted molar refractivity (Wildman–Crippen MR) is 108 cm³/mol. The lowest BCUT2D eigenvalue weighted by Crippen LogP contribution is -2.62. The van der Waals surface area contributed by atoms with Crippen LogP contribution in [-0.4, -0.2) is 35.2 Å². The number of nitrogens with one attached hydrogen (secondary N) is 3. The smallest absolute Gasteiger partial charge is 0.319 e. The molecule has 0 saturated heterocycles. The number of amides is 3. The Labute approximate surface area is 166 Å². The molecule has 4 fully saturated rings. The molecule has 2 unspecified atom stereocenters. The molecule has 6 nitrogen and oxygen atoms in total. The number of rotatable bonds is 5. The second kappa shape index (κ2) is 7.39. The Morgan fingerprint density at radius 1 is 1.14 bits per heavy atom. The summed E-state index contributed by atoms with van der Waals surface area (Å²) in [5, 5.41) is 19.6. The Bertz CT molecular complexity index is 747. The summed E-state index contributed by atoms with van der Waals surface area (Å²) in [5.74, 6) is 1.49. The molecule has 0 heterocycles. The quantitative estimate of drug-likeness (QED) is 0.628.